The molecular formula is C20H31FN2O3. The van der Waals surface area contributed by atoms with Gasteiger partial charge in [-0.2, -0.15) is 0 Å². The number of rotatable bonds is 10. The molecule has 0 unspecified atom stereocenters. The van der Waals surface area contributed by atoms with Crippen LogP contribution < -0.4 is 5.32 Å². The molecule has 6 heteroatoms. The first-order valence-corrected chi connectivity index (χ1v) is 9.16. The summed E-state index contributed by atoms with van der Waals surface area (Å²) in [6, 6.07) is 5.36. The highest BCUT2D eigenvalue weighted by Gasteiger charge is 2.27. The molecule has 1 aromatic rings. The van der Waals surface area contributed by atoms with Crippen molar-refractivity contribution in [2.45, 2.75) is 59.7 Å². The van der Waals surface area contributed by atoms with Gasteiger partial charge in [-0.15, -0.1) is 0 Å². The molecule has 0 saturated carbocycles. The number of benzene rings is 1. The number of hydrogen-bond donors (Lipinski definition) is 1. The summed E-state index contributed by atoms with van der Waals surface area (Å²) in [7, 11) is 0. The Kier molecular flexibility index (Phi) is 9.27. The maximum absolute atomic E-state index is 13.1. The fourth-order valence-corrected chi connectivity index (χ4v) is 2.42. The average molecular weight is 366 g/mol. The normalized spacial score (nSPS) is 12.3. The molecule has 1 atom stereocenters. The van der Waals surface area contributed by atoms with Gasteiger partial charge in [-0.05, 0) is 44.9 Å². The van der Waals surface area contributed by atoms with Gasteiger partial charge in [0.1, 0.15) is 11.9 Å². The lowest BCUT2D eigenvalue weighted by Crippen LogP contribution is -2.49. The van der Waals surface area contributed by atoms with E-state index < -0.39 is 6.04 Å². The Labute approximate surface area is 155 Å². The Hall–Kier alpha value is -1.95. The first-order valence-electron chi connectivity index (χ1n) is 9.16. The van der Waals surface area contributed by atoms with Gasteiger partial charge >= 0.3 is 0 Å². The van der Waals surface area contributed by atoms with E-state index in [1.54, 1.807) is 32.9 Å². The lowest BCUT2D eigenvalue weighted by molar-refractivity contribution is -0.143. The van der Waals surface area contributed by atoms with Crippen molar-refractivity contribution in [3.05, 3.63) is 35.6 Å². The second kappa shape index (κ2) is 10.9. The zero-order valence-corrected chi connectivity index (χ0v) is 16.4. The predicted octanol–water partition coefficient (Wildman–Crippen LogP) is 3.13. The van der Waals surface area contributed by atoms with Crippen LogP contribution in [0.1, 0.15) is 46.6 Å². The molecule has 0 fully saturated rings. The van der Waals surface area contributed by atoms with Crippen LogP contribution in [0.4, 0.5) is 4.39 Å². The molecule has 1 aromatic carbocycles. The standard InChI is InChI=1S/C20H31FN2O3/c1-14(2)20(25)23(13-17-7-9-18(21)10-8-17)16(5)19(24)22-11-6-12-26-15(3)4/h7-10,14-16H,6,11-13H2,1-5H3,(H,22,24)/t16-/m0/s1. The van der Waals surface area contributed by atoms with Gasteiger partial charge < -0.3 is 15.0 Å². The van der Waals surface area contributed by atoms with E-state index in [1.165, 1.54) is 17.0 Å². The van der Waals surface area contributed by atoms with E-state index in [0.29, 0.717) is 19.6 Å². The smallest absolute Gasteiger partial charge is 0.242 e. The van der Waals surface area contributed by atoms with Crippen LogP contribution >= 0.6 is 0 Å². The monoisotopic (exact) mass is 366 g/mol. The largest absolute Gasteiger partial charge is 0.379 e. The predicted molar refractivity (Wildman–Crippen MR) is 100.0 cm³/mol. The van der Waals surface area contributed by atoms with Gasteiger partial charge in [-0.3, -0.25) is 9.59 Å². The molecule has 0 spiro atoms. The number of carbonyl (C=O) groups excluding carboxylic acids is 2. The number of amides is 2. The number of carbonyl (C=O) groups is 2. The van der Waals surface area contributed by atoms with E-state index in [0.717, 1.165) is 5.56 Å². The lowest BCUT2D eigenvalue weighted by Gasteiger charge is -2.30. The summed E-state index contributed by atoms with van der Waals surface area (Å²) < 4.78 is 18.5. The zero-order chi connectivity index (χ0) is 19.7. The molecule has 0 aliphatic heterocycles. The molecule has 1 N–H and O–H groups in total. The van der Waals surface area contributed by atoms with Gasteiger partial charge in [-0.1, -0.05) is 26.0 Å². The fraction of sp³-hybridized carbons (Fsp3) is 0.600. The summed E-state index contributed by atoms with van der Waals surface area (Å²) >= 11 is 0. The summed E-state index contributed by atoms with van der Waals surface area (Å²) in [4.78, 5) is 26.5. The third-order valence-electron chi connectivity index (χ3n) is 3.96. The van der Waals surface area contributed by atoms with Crippen LogP contribution in [0.5, 0.6) is 0 Å². The van der Waals surface area contributed by atoms with Crippen LogP contribution in [0.3, 0.4) is 0 Å². The van der Waals surface area contributed by atoms with Crippen molar-refractivity contribution in [3.63, 3.8) is 0 Å². The molecule has 146 valence electrons. The Morgan fingerprint density at radius 2 is 1.73 bits per heavy atom. The van der Waals surface area contributed by atoms with Crippen LogP contribution in [0, 0.1) is 11.7 Å². The third kappa shape index (κ3) is 7.52. The summed E-state index contributed by atoms with van der Waals surface area (Å²) in [5, 5.41) is 2.85. The topological polar surface area (TPSA) is 58.6 Å². The first kappa shape index (κ1) is 22.1. The van der Waals surface area contributed by atoms with E-state index in [2.05, 4.69) is 5.32 Å². The minimum absolute atomic E-state index is 0.111. The highest BCUT2D eigenvalue weighted by Crippen LogP contribution is 2.14. The van der Waals surface area contributed by atoms with Crippen molar-refractivity contribution < 1.29 is 18.7 Å². The Morgan fingerprint density at radius 1 is 1.12 bits per heavy atom. The molecule has 5 nitrogen and oxygen atoms in total. The molecule has 0 bridgehead atoms. The van der Waals surface area contributed by atoms with Gasteiger partial charge in [-0.25, -0.2) is 4.39 Å². The minimum Gasteiger partial charge on any atom is -0.379 e. The summed E-state index contributed by atoms with van der Waals surface area (Å²) in [5.41, 5.74) is 0.783. The lowest BCUT2D eigenvalue weighted by atomic mass is 10.1. The van der Waals surface area contributed by atoms with Crippen molar-refractivity contribution >= 4 is 11.8 Å². The maximum atomic E-state index is 13.1. The van der Waals surface area contributed by atoms with Crippen LogP contribution in [0.25, 0.3) is 0 Å². The summed E-state index contributed by atoms with van der Waals surface area (Å²) in [5.74, 6) is -0.874. The quantitative estimate of drug-likeness (QED) is 0.647. The molecule has 1 rings (SSSR count). The Morgan fingerprint density at radius 3 is 2.27 bits per heavy atom. The van der Waals surface area contributed by atoms with Crippen LogP contribution in [0.15, 0.2) is 24.3 Å². The summed E-state index contributed by atoms with van der Waals surface area (Å²) in [6.07, 6.45) is 0.881. The molecule has 0 heterocycles. The van der Waals surface area contributed by atoms with Crippen molar-refractivity contribution in [1.29, 1.82) is 0 Å². The molecular weight excluding hydrogens is 335 g/mol. The summed E-state index contributed by atoms with van der Waals surface area (Å²) in [6.45, 7) is 10.6. The second-order valence-electron chi connectivity index (χ2n) is 6.99. The van der Waals surface area contributed by atoms with E-state index in [4.69, 9.17) is 4.74 Å². The highest BCUT2D eigenvalue weighted by molar-refractivity contribution is 5.88. The Balaban J connectivity index is 2.68. The van der Waals surface area contributed by atoms with E-state index in [-0.39, 0.29) is 36.2 Å². The SMILES string of the molecule is CC(C)OCCCNC(=O)[C@H](C)N(Cc1ccc(F)cc1)C(=O)C(C)C. The van der Waals surface area contributed by atoms with Crippen molar-refractivity contribution in [2.75, 3.05) is 13.2 Å². The number of nitrogens with zero attached hydrogens (tertiary/aromatic N) is 1. The van der Waals surface area contributed by atoms with E-state index in [9.17, 15) is 14.0 Å². The number of nitrogens with one attached hydrogen (secondary N) is 1. The number of halogens is 1. The van der Waals surface area contributed by atoms with E-state index in [1.807, 2.05) is 13.8 Å². The highest BCUT2D eigenvalue weighted by atomic mass is 19.1. The van der Waals surface area contributed by atoms with Gasteiger partial charge in [0.25, 0.3) is 0 Å². The minimum atomic E-state index is -0.610. The molecule has 0 aliphatic carbocycles. The zero-order valence-electron chi connectivity index (χ0n) is 16.4. The molecule has 2 amide bonds. The van der Waals surface area contributed by atoms with Crippen LogP contribution in [-0.4, -0.2) is 42.0 Å². The van der Waals surface area contributed by atoms with Gasteiger partial charge in [0, 0.05) is 25.6 Å². The molecule has 26 heavy (non-hydrogen) atoms. The second-order valence-corrected chi connectivity index (χ2v) is 6.99. The fourth-order valence-electron chi connectivity index (χ4n) is 2.42. The van der Waals surface area contributed by atoms with Gasteiger partial charge in [0.15, 0.2) is 0 Å². The van der Waals surface area contributed by atoms with Crippen molar-refractivity contribution in [2.24, 2.45) is 5.92 Å². The van der Waals surface area contributed by atoms with Crippen molar-refractivity contribution in [3.8, 4) is 0 Å². The Bertz CT molecular complexity index is 573. The number of ether oxygens (including phenoxy) is 1. The first-order chi connectivity index (χ1) is 12.2. The van der Waals surface area contributed by atoms with Crippen LogP contribution in [-0.2, 0) is 20.9 Å². The van der Waals surface area contributed by atoms with Crippen LogP contribution in [0.2, 0.25) is 0 Å². The average Bonchev–Trinajstić information content (AvgIpc) is 2.59. The van der Waals surface area contributed by atoms with Gasteiger partial charge in [0.2, 0.25) is 11.8 Å². The maximum Gasteiger partial charge on any atom is 0.242 e. The molecule has 0 saturated heterocycles. The van der Waals surface area contributed by atoms with Gasteiger partial charge in [0.05, 0.1) is 6.10 Å². The van der Waals surface area contributed by atoms with Crippen molar-refractivity contribution in [1.82, 2.24) is 10.2 Å². The molecule has 0 aliphatic rings. The van der Waals surface area contributed by atoms with E-state index >= 15 is 0 Å². The molecule has 0 radical (unpaired) electrons. The number of hydrogen-bond acceptors (Lipinski definition) is 3. The third-order valence-corrected chi connectivity index (χ3v) is 3.96. The molecule has 0 aromatic heterocycles.